The van der Waals surface area contributed by atoms with E-state index in [0.717, 1.165) is 12.8 Å². The zero-order chi connectivity index (χ0) is 10.7. The lowest BCUT2D eigenvalue weighted by atomic mass is 9.82. The number of rotatable bonds is 3. The molecule has 0 aromatic rings. The average Bonchev–Trinajstić information content (AvgIpc) is 2.11. The normalized spacial score (nSPS) is 40.6. The van der Waals surface area contributed by atoms with Crippen LogP contribution in [-0.4, -0.2) is 17.5 Å². The number of hydrogen-bond donors (Lipinski definition) is 1. The lowest BCUT2D eigenvalue weighted by Crippen LogP contribution is -2.42. The van der Waals surface area contributed by atoms with E-state index >= 15 is 0 Å². The van der Waals surface area contributed by atoms with Crippen LogP contribution in [0.3, 0.4) is 0 Å². The van der Waals surface area contributed by atoms with Gasteiger partial charge in [-0.05, 0) is 24.7 Å². The van der Waals surface area contributed by atoms with Crippen molar-refractivity contribution in [1.29, 1.82) is 0 Å². The zero-order valence-electron chi connectivity index (χ0n) is 9.44. The highest BCUT2D eigenvalue weighted by atomic mass is 16.6. The molecule has 0 aliphatic carbocycles. The lowest BCUT2D eigenvalue weighted by molar-refractivity contribution is -0.218. The smallest absolute Gasteiger partial charge is 0.157 e. The topological polar surface area (TPSA) is 29.5 Å². The Morgan fingerprint density at radius 3 is 2.71 bits per heavy atom. The van der Waals surface area contributed by atoms with Gasteiger partial charge in [0.2, 0.25) is 0 Å². The second kappa shape index (κ2) is 4.94. The Bertz CT molecular complexity index is 191. The molecular formula is C12H22O2. The summed E-state index contributed by atoms with van der Waals surface area (Å²) in [4.78, 5) is 0. The third-order valence-corrected chi connectivity index (χ3v) is 3.19. The minimum Gasteiger partial charge on any atom is -0.368 e. The third kappa shape index (κ3) is 2.58. The van der Waals surface area contributed by atoms with E-state index in [0.29, 0.717) is 11.8 Å². The molecule has 1 aliphatic rings. The Morgan fingerprint density at radius 2 is 2.14 bits per heavy atom. The molecular weight excluding hydrogens is 176 g/mol. The maximum Gasteiger partial charge on any atom is 0.157 e. The Morgan fingerprint density at radius 1 is 1.50 bits per heavy atom. The number of allylic oxidation sites excluding steroid dienone is 1. The number of aliphatic hydroxyl groups excluding tert-OH is 1. The Kier molecular flexibility index (Phi) is 4.14. The molecule has 0 aromatic heterocycles. The summed E-state index contributed by atoms with van der Waals surface area (Å²) in [5, 5.41) is 9.63. The standard InChI is InChI=1S/C12H22O2/c1-5-6-8(2)11-9(3)7-10(4)12(13)14-11/h5,8-13H,1,6-7H2,2-4H3. The fourth-order valence-corrected chi connectivity index (χ4v) is 2.36. The molecule has 0 bridgehead atoms. The first-order chi connectivity index (χ1) is 6.56. The van der Waals surface area contributed by atoms with Crippen LogP contribution in [0.25, 0.3) is 0 Å². The highest BCUT2D eigenvalue weighted by molar-refractivity contribution is 4.83. The average molecular weight is 198 g/mol. The van der Waals surface area contributed by atoms with E-state index in [9.17, 15) is 5.11 Å². The van der Waals surface area contributed by atoms with Crippen LogP contribution in [0.4, 0.5) is 0 Å². The molecule has 1 heterocycles. The van der Waals surface area contributed by atoms with Gasteiger partial charge in [0.15, 0.2) is 6.29 Å². The van der Waals surface area contributed by atoms with Gasteiger partial charge >= 0.3 is 0 Å². The number of hydrogen-bond acceptors (Lipinski definition) is 2. The predicted molar refractivity (Wildman–Crippen MR) is 57.8 cm³/mol. The molecule has 1 saturated heterocycles. The SMILES string of the molecule is C=CCC(C)C1OC(O)C(C)CC1C. The van der Waals surface area contributed by atoms with Crippen molar-refractivity contribution in [3.8, 4) is 0 Å². The van der Waals surface area contributed by atoms with Gasteiger partial charge in [0.25, 0.3) is 0 Å². The molecule has 82 valence electrons. The first-order valence-electron chi connectivity index (χ1n) is 5.50. The van der Waals surface area contributed by atoms with Gasteiger partial charge in [-0.1, -0.05) is 26.8 Å². The molecule has 1 rings (SSSR count). The molecule has 1 aliphatic heterocycles. The summed E-state index contributed by atoms with van der Waals surface area (Å²) in [6.07, 6.45) is 3.52. The molecule has 2 heteroatoms. The van der Waals surface area contributed by atoms with Crippen LogP contribution in [0.15, 0.2) is 12.7 Å². The van der Waals surface area contributed by atoms with Crippen LogP contribution >= 0.6 is 0 Å². The Hall–Kier alpha value is -0.340. The van der Waals surface area contributed by atoms with Gasteiger partial charge in [-0.15, -0.1) is 6.58 Å². The molecule has 5 unspecified atom stereocenters. The van der Waals surface area contributed by atoms with E-state index in [1.54, 1.807) is 0 Å². The van der Waals surface area contributed by atoms with Gasteiger partial charge in [-0.25, -0.2) is 0 Å². The van der Waals surface area contributed by atoms with E-state index < -0.39 is 6.29 Å². The predicted octanol–water partition coefficient (Wildman–Crippen LogP) is 2.58. The fourth-order valence-electron chi connectivity index (χ4n) is 2.36. The highest BCUT2D eigenvalue weighted by Gasteiger charge is 2.34. The first-order valence-corrected chi connectivity index (χ1v) is 5.50. The van der Waals surface area contributed by atoms with E-state index in [-0.39, 0.29) is 12.0 Å². The third-order valence-electron chi connectivity index (χ3n) is 3.19. The van der Waals surface area contributed by atoms with Crippen molar-refractivity contribution in [2.45, 2.75) is 46.0 Å². The Balaban J connectivity index is 2.56. The van der Waals surface area contributed by atoms with Crippen molar-refractivity contribution in [2.75, 3.05) is 0 Å². The summed E-state index contributed by atoms with van der Waals surface area (Å²) >= 11 is 0. The quantitative estimate of drug-likeness (QED) is 0.706. The van der Waals surface area contributed by atoms with Crippen LogP contribution in [-0.2, 0) is 4.74 Å². The zero-order valence-corrected chi connectivity index (χ0v) is 9.44. The maximum atomic E-state index is 9.63. The summed E-state index contributed by atoms with van der Waals surface area (Å²) in [6, 6.07) is 0. The van der Waals surface area contributed by atoms with Crippen molar-refractivity contribution in [1.82, 2.24) is 0 Å². The maximum absolute atomic E-state index is 9.63. The summed E-state index contributed by atoms with van der Waals surface area (Å²) in [5.41, 5.74) is 0. The lowest BCUT2D eigenvalue weighted by Gasteiger charge is -2.39. The van der Waals surface area contributed by atoms with Crippen LogP contribution in [0.5, 0.6) is 0 Å². The second-order valence-corrected chi connectivity index (χ2v) is 4.68. The van der Waals surface area contributed by atoms with Gasteiger partial charge in [0.05, 0.1) is 6.10 Å². The molecule has 14 heavy (non-hydrogen) atoms. The molecule has 0 amide bonds. The van der Waals surface area contributed by atoms with Crippen molar-refractivity contribution in [3.63, 3.8) is 0 Å². The molecule has 1 N–H and O–H groups in total. The highest BCUT2D eigenvalue weighted by Crippen LogP contribution is 2.33. The molecule has 0 radical (unpaired) electrons. The molecule has 2 nitrogen and oxygen atoms in total. The monoisotopic (exact) mass is 198 g/mol. The fraction of sp³-hybridized carbons (Fsp3) is 0.833. The Labute approximate surface area is 87.0 Å². The van der Waals surface area contributed by atoms with Gasteiger partial charge in [-0.2, -0.15) is 0 Å². The van der Waals surface area contributed by atoms with Crippen molar-refractivity contribution in [3.05, 3.63) is 12.7 Å². The largest absolute Gasteiger partial charge is 0.368 e. The molecule has 0 spiro atoms. The van der Waals surface area contributed by atoms with Gasteiger partial charge in [-0.3, -0.25) is 0 Å². The van der Waals surface area contributed by atoms with Crippen LogP contribution in [0.1, 0.15) is 33.6 Å². The molecule has 5 atom stereocenters. The van der Waals surface area contributed by atoms with E-state index in [1.807, 2.05) is 13.0 Å². The minimum atomic E-state index is -0.580. The van der Waals surface area contributed by atoms with E-state index in [2.05, 4.69) is 20.4 Å². The van der Waals surface area contributed by atoms with Crippen LogP contribution in [0.2, 0.25) is 0 Å². The summed E-state index contributed by atoms with van der Waals surface area (Å²) in [7, 11) is 0. The molecule has 0 saturated carbocycles. The number of aliphatic hydroxyl groups is 1. The van der Waals surface area contributed by atoms with Gasteiger partial charge in [0, 0.05) is 5.92 Å². The van der Waals surface area contributed by atoms with Crippen molar-refractivity contribution >= 4 is 0 Å². The molecule has 1 fully saturated rings. The second-order valence-electron chi connectivity index (χ2n) is 4.68. The first kappa shape index (κ1) is 11.7. The van der Waals surface area contributed by atoms with E-state index in [4.69, 9.17) is 4.74 Å². The summed E-state index contributed by atoms with van der Waals surface area (Å²) < 4.78 is 5.63. The van der Waals surface area contributed by atoms with Crippen molar-refractivity contribution < 1.29 is 9.84 Å². The number of ether oxygens (including phenoxy) is 1. The van der Waals surface area contributed by atoms with Crippen LogP contribution in [0, 0.1) is 17.8 Å². The summed E-state index contributed by atoms with van der Waals surface area (Å²) in [5.74, 6) is 1.24. The minimum absolute atomic E-state index is 0.180. The van der Waals surface area contributed by atoms with Gasteiger partial charge < -0.3 is 9.84 Å². The van der Waals surface area contributed by atoms with Crippen molar-refractivity contribution in [2.24, 2.45) is 17.8 Å². The van der Waals surface area contributed by atoms with Gasteiger partial charge in [0.1, 0.15) is 0 Å². The van der Waals surface area contributed by atoms with E-state index in [1.165, 1.54) is 0 Å². The van der Waals surface area contributed by atoms with Crippen LogP contribution < -0.4 is 0 Å². The molecule has 0 aromatic carbocycles. The summed E-state index contributed by atoms with van der Waals surface area (Å²) in [6.45, 7) is 10.1.